The van der Waals surface area contributed by atoms with Gasteiger partial charge in [0.2, 0.25) is 0 Å². The first-order valence-corrected chi connectivity index (χ1v) is 10.7. The number of piperazine rings is 1. The van der Waals surface area contributed by atoms with E-state index in [1.54, 1.807) is 26.0 Å². The number of benzene rings is 2. The number of carbonyl (C=O) groups is 1. The molecule has 32 heavy (non-hydrogen) atoms. The summed E-state index contributed by atoms with van der Waals surface area (Å²) in [5, 5.41) is 3.88. The molecule has 1 fully saturated rings. The minimum Gasteiger partial charge on any atom is -0.493 e. The highest BCUT2D eigenvalue weighted by atomic mass is 32.1. The van der Waals surface area contributed by atoms with Gasteiger partial charge < -0.3 is 29.3 Å². The number of hydrogen-bond acceptors (Lipinski definition) is 7. The molecule has 1 amide bonds. The Balaban J connectivity index is 1.49. The normalized spacial score (nSPS) is 13.8. The third-order valence-electron chi connectivity index (χ3n) is 5.28. The summed E-state index contributed by atoms with van der Waals surface area (Å²) >= 11 is 5.59. The maximum absolute atomic E-state index is 11.9. The molecule has 1 N–H and O–H groups in total. The summed E-state index contributed by atoms with van der Waals surface area (Å²) in [6, 6.07) is 9.37. The van der Waals surface area contributed by atoms with Crippen LogP contribution in [0.3, 0.4) is 0 Å². The van der Waals surface area contributed by atoms with Crippen molar-refractivity contribution in [1.82, 2.24) is 19.8 Å². The molecule has 0 spiro atoms. The number of aromatic nitrogens is 2. The summed E-state index contributed by atoms with van der Waals surface area (Å²) in [7, 11) is 3.18. The van der Waals surface area contributed by atoms with Gasteiger partial charge in [0, 0.05) is 44.0 Å². The second-order valence-electron chi connectivity index (χ2n) is 7.23. The van der Waals surface area contributed by atoms with Gasteiger partial charge in [-0.05, 0) is 37.3 Å². The van der Waals surface area contributed by atoms with Crippen LogP contribution in [0.4, 0.5) is 10.5 Å². The molecule has 3 aromatic rings. The minimum absolute atomic E-state index is 0.277. The van der Waals surface area contributed by atoms with Gasteiger partial charge in [-0.2, -0.15) is 0 Å². The summed E-state index contributed by atoms with van der Waals surface area (Å²) in [4.78, 5) is 25.0. The number of nitrogens with one attached hydrogen (secondary N) is 1. The molecule has 1 saturated heterocycles. The van der Waals surface area contributed by atoms with Gasteiger partial charge in [-0.15, -0.1) is 0 Å². The lowest BCUT2D eigenvalue weighted by Gasteiger charge is -2.35. The largest absolute Gasteiger partial charge is 0.493 e. The van der Waals surface area contributed by atoms with E-state index < -0.39 is 0 Å². The Hall–Kier alpha value is -3.40. The van der Waals surface area contributed by atoms with Crippen molar-refractivity contribution in [2.45, 2.75) is 6.92 Å². The van der Waals surface area contributed by atoms with E-state index in [1.165, 1.54) is 0 Å². The van der Waals surface area contributed by atoms with Crippen molar-refractivity contribution in [3.8, 4) is 11.5 Å². The molecule has 4 rings (SSSR count). The molecule has 2 aromatic carbocycles. The Labute approximate surface area is 191 Å². The Morgan fingerprint density at radius 2 is 1.50 bits per heavy atom. The monoisotopic (exact) mass is 455 g/mol. The van der Waals surface area contributed by atoms with Gasteiger partial charge in [0.25, 0.3) is 0 Å². The SMILES string of the molecule is CCOC(=O)N1CCN(C(=S)Nc2ccc3nc4cc(OC)c(OC)cc4nc3c2)CC1. The van der Waals surface area contributed by atoms with E-state index in [2.05, 4.69) is 5.32 Å². The molecule has 1 aliphatic rings. The van der Waals surface area contributed by atoms with Crippen molar-refractivity contribution < 1.29 is 19.0 Å². The molecule has 1 aromatic heterocycles. The highest BCUT2D eigenvalue weighted by Crippen LogP contribution is 2.31. The van der Waals surface area contributed by atoms with Crippen LogP contribution in [0.5, 0.6) is 11.5 Å². The van der Waals surface area contributed by atoms with Crippen LogP contribution in [-0.4, -0.2) is 78.0 Å². The zero-order chi connectivity index (χ0) is 22.7. The smallest absolute Gasteiger partial charge is 0.409 e. The van der Waals surface area contributed by atoms with Gasteiger partial charge in [-0.25, -0.2) is 14.8 Å². The average Bonchev–Trinajstić information content (AvgIpc) is 2.82. The van der Waals surface area contributed by atoms with Crippen LogP contribution >= 0.6 is 12.2 Å². The average molecular weight is 456 g/mol. The molecule has 0 atom stereocenters. The molecule has 0 saturated carbocycles. The lowest BCUT2D eigenvalue weighted by Crippen LogP contribution is -2.51. The van der Waals surface area contributed by atoms with E-state index in [0.29, 0.717) is 54.9 Å². The molecule has 9 nitrogen and oxygen atoms in total. The molecule has 0 unspecified atom stereocenters. The first kappa shape index (κ1) is 21.8. The fraction of sp³-hybridized carbons (Fsp3) is 0.364. The van der Waals surface area contributed by atoms with Crippen LogP contribution in [0.15, 0.2) is 30.3 Å². The van der Waals surface area contributed by atoms with E-state index >= 15 is 0 Å². The quantitative estimate of drug-likeness (QED) is 0.470. The Kier molecular flexibility index (Phi) is 6.40. The lowest BCUT2D eigenvalue weighted by atomic mass is 10.2. The van der Waals surface area contributed by atoms with Crippen LogP contribution < -0.4 is 14.8 Å². The summed E-state index contributed by atoms with van der Waals surface area (Å²) in [5.74, 6) is 1.21. The zero-order valence-electron chi connectivity index (χ0n) is 18.3. The second kappa shape index (κ2) is 9.39. The molecule has 1 aliphatic heterocycles. The Bertz CT molecular complexity index is 1160. The van der Waals surface area contributed by atoms with Crippen LogP contribution in [0.2, 0.25) is 0 Å². The predicted octanol–water partition coefficient (Wildman–Crippen LogP) is 3.27. The molecular weight excluding hydrogens is 430 g/mol. The molecule has 0 radical (unpaired) electrons. The molecule has 2 heterocycles. The van der Waals surface area contributed by atoms with Gasteiger partial charge in [0.05, 0.1) is 42.9 Å². The van der Waals surface area contributed by atoms with Crippen LogP contribution in [0.25, 0.3) is 22.1 Å². The zero-order valence-corrected chi connectivity index (χ0v) is 19.1. The standard InChI is InChI=1S/C22H25N5O4S/c1-4-31-22(28)27-9-7-26(8-10-27)21(32)23-14-5-6-15-16(11-14)25-18-13-20(30-3)19(29-2)12-17(18)24-15/h5-6,11-13H,4,7-10H2,1-3H3,(H,23,32). The van der Waals surface area contributed by atoms with Crippen molar-refractivity contribution in [2.24, 2.45) is 0 Å². The predicted molar refractivity (Wildman–Crippen MR) is 127 cm³/mol. The summed E-state index contributed by atoms with van der Waals surface area (Å²) < 4.78 is 15.8. The van der Waals surface area contributed by atoms with Gasteiger partial charge in [0.15, 0.2) is 16.6 Å². The van der Waals surface area contributed by atoms with Gasteiger partial charge in [-0.3, -0.25) is 0 Å². The number of hydrogen-bond donors (Lipinski definition) is 1. The second-order valence-corrected chi connectivity index (χ2v) is 7.61. The summed E-state index contributed by atoms with van der Waals surface area (Å²) in [6.07, 6.45) is -0.277. The summed E-state index contributed by atoms with van der Waals surface area (Å²) in [6.45, 7) is 4.60. The van der Waals surface area contributed by atoms with E-state index in [0.717, 1.165) is 22.2 Å². The van der Waals surface area contributed by atoms with E-state index in [-0.39, 0.29) is 6.09 Å². The molecule has 0 bridgehead atoms. The number of anilines is 1. The van der Waals surface area contributed by atoms with Gasteiger partial charge >= 0.3 is 6.09 Å². The highest BCUT2D eigenvalue weighted by molar-refractivity contribution is 7.80. The van der Waals surface area contributed by atoms with Crippen molar-refractivity contribution >= 4 is 51.2 Å². The Morgan fingerprint density at radius 1 is 0.938 bits per heavy atom. The number of nitrogens with zero attached hydrogens (tertiary/aromatic N) is 4. The number of methoxy groups -OCH3 is 2. The Morgan fingerprint density at radius 3 is 2.09 bits per heavy atom. The van der Waals surface area contributed by atoms with Crippen LogP contribution in [0.1, 0.15) is 6.92 Å². The molecular formula is C22H25N5O4S. The lowest BCUT2D eigenvalue weighted by molar-refractivity contribution is 0.0923. The molecule has 10 heteroatoms. The fourth-order valence-corrected chi connectivity index (χ4v) is 3.89. The molecule has 168 valence electrons. The maximum Gasteiger partial charge on any atom is 0.409 e. The molecule has 0 aliphatic carbocycles. The maximum atomic E-state index is 11.9. The minimum atomic E-state index is -0.277. The van der Waals surface area contributed by atoms with Gasteiger partial charge in [0.1, 0.15) is 0 Å². The highest BCUT2D eigenvalue weighted by Gasteiger charge is 2.23. The van der Waals surface area contributed by atoms with Crippen molar-refractivity contribution in [3.63, 3.8) is 0 Å². The number of rotatable bonds is 4. The van der Waals surface area contributed by atoms with Gasteiger partial charge in [-0.1, -0.05) is 0 Å². The van der Waals surface area contributed by atoms with Crippen molar-refractivity contribution in [3.05, 3.63) is 30.3 Å². The van der Waals surface area contributed by atoms with E-state index in [1.807, 2.05) is 35.2 Å². The van der Waals surface area contributed by atoms with Crippen LogP contribution in [0, 0.1) is 0 Å². The van der Waals surface area contributed by atoms with E-state index in [9.17, 15) is 4.79 Å². The number of carbonyl (C=O) groups excluding carboxylic acids is 1. The third-order valence-corrected chi connectivity index (χ3v) is 5.64. The first-order valence-electron chi connectivity index (χ1n) is 10.3. The third kappa shape index (κ3) is 4.45. The fourth-order valence-electron chi connectivity index (χ4n) is 3.59. The van der Waals surface area contributed by atoms with E-state index in [4.69, 9.17) is 36.4 Å². The van der Waals surface area contributed by atoms with Crippen molar-refractivity contribution in [1.29, 1.82) is 0 Å². The number of ether oxygens (including phenoxy) is 3. The van der Waals surface area contributed by atoms with Crippen molar-refractivity contribution in [2.75, 3.05) is 52.3 Å². The first-order chi connectivity index (χ1) is 15.5. The van der Waals surface area contributed by atoms with Crippen LogP contribution in [-0.2, 0) is 4.74 Å². The number of fused-ring (bicyclic) bond motifs is 2. The topological polar surface area (TPSA) is 89.1 Å². The number of amides is 1. The summed E-state index contributed by atoms with van der Waals surface area (Å²) in [5.41, 5.74) is 3.77. The number of thiocarbonyl (C=S) groups is 1.